The fourth-order valence-electron chi connectivity index (χ4n) is 3.96. The second-order valence-corrected chi connectivity index (χ2v) is 8.66. The number of amides is 1. The maximum atomic E-state index is 12.7. The molecule has 3 rings (SSSR count). The van der Waals surface area contributed by atoms with E-state index in [2.05, 4.69) is 34.0 Å². The molecule has 0 N–H and O–H groups in total. The molecule has 0 unspecified atom stereocenters. The molecule has 5 heteroatoms. The molecule has 1 aliphatic heterocycles. The monoisotopic (exact) mass is 368 g/mol. The molecule has 2 aromatic rings. The van der Waals surface area contributed by atoms with Gasteiger partial charge >= 0.3 is 0 Å². The van der Waals surface area contributed by atoms with E-state index in [4.69, 9.17) is 0 Å². The van der Waals surface area contributed by atoms with Gasteiger partial charge in [0.2, 0.25) is 5.91 Å². The average molecular weight is 369 g/mol. The Morgan fingerprint density at radius 1 is 1.26 bits per heavy atom. The van der Waals surface area contributed by atoms with Crippen LogP contribution in [0.2, 0.25) is 0 Å². The van der Waals surface area contributed by atoms with Crippen molar-refractivity contribution < 1.29 is 4.79 Å². The molecule has 1 atom stereocenters. The van der Waals surface area contributed by atoms with E-state index in [9.17, 15) is 4.79 Å². The summed E-state index contributed by atoms with van der Waals surface area (Å²) >= 11 is 0. The highest BCUT2D eigenvalue weighted by molar-refractivity contribution is 5.81. The summed E-state index contributed by atoms with van der Waals surface area (Å²) in [6.45, 7) is 10.8. The van der Waals surface area contributed by atoms with E-state index in [1.807, 2.05) is 43.9 Å². The molecule has 1 saturated heterocycles. The Morgan fingerprint density at radius 3 is 2.81 bits per heavy atom. The first kappa shape index (κ1) is 19.6. The van der Waals surface area contributed by atoms with Crippen LogP contribution in [0.1, 0.15) is 52.5 Å². The van der Waals surface area contributed by atoms with Crippen molar-refractivity contribution >= 4 is 5.91 Å². The van der Waals surface area contributed by atoms with Crippen LogP contribution in [0.4, 0.5) is 0 Å². The number of piperidine rings is 1. The molecule has 1 fully saturated rings. The van der Waals surface area contributed by atoms with Crippen molar-refractivity contribution in [3.8, 4) is 11.4 Å². The van der Waals surface area contributed by atoms with Gasteiger partial charge in [-0.2, -0.15) is 5.10 Å². The summed E-state index contributed by atoms with van der Waals surface area (Å²) in [4.78, 5) is 19.4. The maximum absolute atomic E-state index is 12.7. The van der Waals surface area contributed by atoms with Gasteiger partial charge in [0.1, 0.15) is 0 Å². The minimum Gasteiger partial charge on any atom is -0.342 e. The van der Waals surface area contributed by atoms with Gasteiger partial charge in [-0.1, -0.05) is 33.8 Å². The normalized spacial score (nSPS) is 17.9. The molecule has 146 valence electrons. The smallest absolute Gasteiger partial charge is 0.227 e. The zero-order valence-corrected chi connectivity index (χ0v) is 17.1. The molecule has 0 aromatic carbocycles. The van der Waals surface area contributed by atoms with Crippen LogP contribution in [0, 0.1) is 11.3 Å². The van der Waals surface area contributed by atoms with Crippen molar-refractivity contribution in [2.75, 3.05) is 13.1 Å². The van der Waals surface area contributed by atoms with Gasteiger partial charge in [-0.25, -0.2) is 0 Å². The lowest BCUT2D eigenvalue weighted by Crippen LogP contribution is -2.45. The van der Waals surface area contributed by atoms with Crippen LogP contribution in [0.15, 0.2) is 30.6 Å². The number of aryl methyl sites for hydroxylation is 1. The summed E-state index contributed by atoms with van der Waals surface area (Å²) in [5.74, 6) is 0.746. The highest BCUT2D eigenvalue weighted by Crippen LogP contribution is 2.29. The number of pyridine rings is 1. The molecule has 3 heterocycles. The second kappa shape index (κ2) is 8.24. The van der Waals surface area contributed by atoms with E-state index in [1.165, 1.54) is 5.56 Å². The Balaban J connectivity index is 1.78. The average Bonchev–Trinajstić information content (AvgIpc) is 3.09. The second-order valence-electron chi connectivity index (χ2n) is 8.66. The van der Waals surface area contributed by atoms with Crippen molar-refractivity contribution in [2.45, 2.75) is 59.9 Å². The van der Waals surface area contributed by atoms with Crippen molar-refractivity contribution in [2.24, 2.45) is 11.3 Å². The van der Waals surface area contributed by atoms with E-state index < -0.39 is 0 Å². The number of nitrogens with zero attached hydrogens (tertiary/aromatic N) is 4. The van der Waals surface area contributed by atoms with E-state index in [1.54, 1.807) is 0 Å². The predicted octanol–water partition coefficient (Wildman–Crippen LogP) is 4.18. The first-order valence-corrected chi connectivity index (χ1v) is 10.2. The van der Waals surface area contributed by atoms with Crippen LogP contribution >= 0.6 is 0 Å². The molecule has 2 aromatic heterocycles. The Labute approximate surface area is 162 Å². The topological polar surface area (TPSA) is 51.0 Å². The molecule has 1 aliphatic rings. The highest BCUT2D eigenvalue weighted by atomic mass is 16.2. The van der Waals surface area contributed by atoms with E-state index in [0.29, 0.717) is 5.92 Å². The minimum atomic E-state index is -0.312. The number of aromatic nitrogens is 3. The van der Waals surface area contributed by atoms with Crippen molar-refractivity contribution in [1.29, 1.82) is 0 Å². The largest absolute Gasteiger partial charge is 0.342 e. The van der Waals surface area contributed by atoms with E-state index in [-0.39, 0.29) is 11.3 Å². The van der Waals surface area contributed by atoms with Gasteiger partial charge in [-0.3, -0.25) is 14.5 Å². The van der Waals surface area contributed by atoms with Gasteiger partial charge in [0.25, 0.3) is 0 Å². The third-order valence-electron chi connectivity index (χ3n) is 5.24. The quantitative estimate of drug-likeness (QED) is 0.795. The Kier molecular flexibility index (Phi) is 5.98. The number of hydrogen-bond donors (Lipinski definition) is 0. The Bertz CT molecular complexity index is 775. The van der Waals surface area contributed by atoms with E-state index in [0.717, 1.165) is 56.7 Å². The molecular weight excluding hydrogens is 336 g/mol. The van der Waals surface area contributed by atoms with Gasteiger partial charge in [0, 0.05) is 37.4 Å². The summed E-state index contributed by atoms with van der Waals surface area (Å²) in [5, 5.41) is 4.46. The first-order valence-electron chi connectivity index (χ1n) is 10.2. The fraction of sp³-hybridized carbons (Fsp3) is 0.591. The fourth-order valence-corrected chi connectivity index (χ4v) is 3.96. The molecule has 0 bridgehead atoms. The van der Waals surface area contributed by atoms with Crippen LogP contribution in [0.3, 0.4) is 0 Å². The zero-order chi connectivity index (χ0) is 19.4. The SMILES string of the molecule is CCCn1nccc1-c1ncccc1C[C@H]1CCCN(C(=O)C(C)(C)C)C1. The van der Waals surface area contributed by atoms with Crippen LogP contribution in [0.25, 0.3) is 11.4 Å². The Morgan fingerprint density at radius 2 is 2.07 bits per heavy atom. The number of likely N-dealkylation sites (tertiary alicyclic amines) is 1. The molecule has 5 nitrogen and oxygen atoms in total. The summed E-state index contributed by atoms with van der Waals surface area (Å²) in [6, 6.07) is 6.24. The van der Waals surface area contributed by atoms with Gasteiger partial charge in [-0.05, 0) is 49.3 Å². The van der Waals surface area contributed by atoms with Gasteiger partial charge in [0.15, 0.2) is 0 Å². The van der Waals surface area contributed by atoms with Gasteiger partial charge in [0.05, 0.1) is 11.4 Å². The molecule has 0 spiro atoms. The third-order valence-corrected chi connectivity index (χ3v) is 5.24. The highest BCUT2D eigenvalue weighted by Gasteiger charge is 2.31. The molecule has 0 saturated carbocycles. The number of carbonyl (C=O) groups excluding carboxylic acids is 1. The molecule has 27 heavy (non-hydrogen) atoms. The van der Waals surface area contributed by atoms with Gasteiger partial charge in [-0.15, -0.1) is 0 Å². The van der Waals surface area contributed by atoms with E-state index >= 15 is 0 Å². The molecule has 0 radical (unpaired) electrons. The van der Waals surface area contributed by atoms with Crippen molar-refractivity contribution in [1.82, 2.24) is 19.7 Å². The lowest BCUT2D eigenvalue weighted by molar-refractivity contribution is -0.141. The molecule has 0 aliphatic carbocycles. The predicted molar refractivity (Wildman–Crippen MR) is 108 cm³/mol. The minimum absolute atomic E-state index is 0.264. The summed E-state index contributed by atoms with van der Waals surface area (Å²) < 4.78 is 2.04. The summed E-state index contributed by atoms with van der Waals surface area (Å²) in [7, 11) is 0. The van der Waals surface area contributed by atoms with Crippen LogP contribution in [-0.2, 0) is 17.8 Å². The molecular formula is C22H32N4O. The van der Waals surface area contributed by atoms with Crippen molar-refractivity contribution in [3.05, 3.63) is 36.2 Å². The zero-order valence-electron chi connectivity index (χ0n) is 17.1. The maximum Gasteiger partial charge on any atom is 0.227 e. The number of hydrogen-bond acceptors (Lipinski definition) is 3. The van der Waals surface area contributed by atoms with Crippen LogP contribution in [0.5, 0.6) is 0 Å². The van der Waals surface area contributed by atoms with Crippen LogP contribution in [-0.4, -0.2) is 38.7 Å². The van der Waals surface area contributed by atoms with Crippen LogP contribution < -0.4 is 0 Å². The lowest BCUT2D eigenvalue weighted by Gasteiger charge is -2.36. The first-order chi connectivity index (χ1) is 12.9. The van der Waals surface area contributed by atoms with Gasteiger partial charge < -0.3 is 4.90 Å². The number of carbonyl (C=O) groups is 1. The third kappa shape index (κ3) is 4.57. The number of rotatable bonds is 5. The molecule has 1 amide bonds. The lowest BCUT2D eigenvalue weighted by atomic mass is 9.88. The Hall–Kier alpha value is -2.17. The standard InChI is InChI=1S/C22H32N4O/c1-5-13-26-19(10-12-24-26)20-18(9-6-11-23-20)15-17-8-7-14-25(16-17)21(27)22(2,3)4/h6,9-12,17H,5,7-8,13-16H2,1-4H3/t17-/m1/s1. The van der Waals surface area contributed by atoms with Crippen molar-refractivity contribution in [3.63, 3.8) is 0 Å². The summed E-state index contributed by atoms with van der Waals surface area (Å²) in [5.41, 5.74) is 3.06. The summed E-state index contributed by atoms with van der Waals surface area (Å²) in [6.07, 6.45) is 7.95.